The summed E-state index contributed by atoms with van der Waals surface area (Å²) in [6.45, 7) is 2.38. The second-order valence-corrected chi connectivity index (χ2v) is 2.40. The molecule has 0 fully saturated rings. The summed E-state index contributed by atoms with van der Waals surface area (Å²) in [6, 6.07) is 0. The molecule has 4 nitrogen and oxygen atoms in total. The number of nitrogens with two attached hydrogens (primary N) is 2. The number of hydrogen-bond donors (Lipinski definition) is 2. The molecule has 1 aromatic rings. The van der Waals surface area contributed by atoms with Crippen LogP contribution in [0.1, 0.15) is 11.3 Å². The Morgan fingerprint density at radius 1 is 1.50 bits per heavy atom. The molecule has 64 valence electrons. The molecule has 0 aliphatic heterocycles. The van der Waals surface area contributed by atoms with Crippen LogP contribution in [-0.4, -0.2) is 16.5 Å². The van der Waals surface area contributed by atoms with Gasteiger partial charge in [0, 0.05) is 12.1 Å². The van der Waals surface area contributed by atoms with Crippen molar-refractivity contribution in [3.05, 3.63) is 23.7 Å². The lowest BCUT2D eigenvalue weighted by atomic mass is 10.2. The monoisotopic (exact) mass is 164 g/mol. The Balaban J connectivity index is 3.04. The van der Waals surface area contributed by atoms with Gasteiger partial charge in [-0.15, -0.1) is 0 Å². The summed E-state index contributed by atoms with van der Waals surface area (Å²) in [5, 5.41) is 0. The van der Waals surface area contributed by atoms with Crippen molar-refractivity contribution in [2.75, 3.05) is 12.3 Å². The largest absolute Gasteiger partial charge is 0.383 e. The van der Waals surface area contributed by atoms with Crippen molar-refractivity contribution in [3.8, 4) is 0 Å². The fourth-order valence-corrected chi connectivity index (χ4v) is 0.894. The average molecular weight is 164 g/mol. The third-order valence-electron chi connectivity index (χ3n) is 1.53. The normalized spacial score (nSPS) is 10.8. The fourth-order valence-electron chi connectivity index (χ4n) is 0.894. The van der Waals surface area contributed by atoms with Gasteiger partial charge in [0.05, 0.1) is 5.69 Å². The van der Waals surface area contributed by atoms with Crippen molar-refractivity contribution in [3.63, 3.8) is 0 Å². The van der Waals surface area contributed by atoms with E-state index in [2.05, 4.69) is 9.97 Å². The van der Waals surface area contributed by atoms with Gasteiger partial charge < -0.3 is 11.5 Å². The molecule has 0 aromatic carbocycles. The molecule has 0 aliphatic rings. The van der Waals surface area contributed by atoms with Crippen LogP contribution in [0.4, 0.5) is 5.82 Å². The predicted octanol–water partition coefficient (Wildman–Crippen LogP) is 0.339. The Labute approximate surface area is 71.3 Å². The maximum atomic E-state index is 5.62. The number of aryl methyl sites for hydroxylation is 1. The zero-order valence-corrected chi connectivity index (χ0v) is 6.99. The summed E-state index contributed by atoms with van der Waals surface area (Å²) in [4.78, 5) is 7.88. The van der Waals surface area contributed by atoms with E-state index in [-0.39, 0.29) is 0 Å². The molecule has 0 aliphatic carbocycles. The van der Waals surface area contributed by atoms with Gasteiger partial charge in [0.25, 0.3) is 0 Å². The van der Waals surface area contributed by atoms with Crippen LogP contribution in [-0.2, 0) is 0 Å². The second-order valence-electron chi connectivity index (χ2n) is 2.40. The third-order valence-corrected chi connectivity index (χ3v) is 1.53. The molecule has 0 radical (unpaired) electrons. The molecule has 0 unspecified atom stereocenters. The topological polar surface area (TPSA) is 77.8 Å². The zero-order chi connectivity index (χ0) is 8.97. The van der Waals surface area contributed by atoms with Crippen molar-refractivity contribution in [2.45, 2.75) is 6.92 Å². The molecular weight excluding hydrogens is 152 g/mol. The van der Waals surface area contributed by atoms with Crippen molar-refractivity contribution in [2.24, 2.45) is 5.73 Å². The molecule has 0 saturated heterocycles. The van der Waals surface area contributed by atoms with Gasteiger partial charge in [0.1, 0.15) is 12.1 Å². The van der Waals surface area contributed by atoms with E-state index in [4.69, 9.17) is 11.5 Å². The van der Waals surface area contributed by atoms with Gasteiger partial charge in [-0.3, -0.25) is 0 Å². The van der Waals surface area contributed by atoms with Crippen LogP contribution in [0.25, 0.3) is 6.08 Å². The van der Waals surface area contributed by atoms with E-state index in [1.165, 1.54) is 6.33 Å². The van der Waals surface area contributed by atoms with E-state index in [1.54, 1.807) is 0 Å². The Kier molecular flexibility index (Phi) is 2.76. The molecule has 12 heavy (non-hydrogen) atoms. The minimum absolute atomic E-state index is 0.493. The molecule has 1 heterocycles. The average Bonchev–Trinajstić information content (AvgIpc) is 2.04. The molecule has 0 bridgehead atoms. The smallest absolute Gasteiger partial charge is 0.134 e. The lowest BCUT2D eigenvalue weighted by Crippen LogP contribution is -1.99. The zero-order valence-electron chi connectivity index (χ0n) is 6.99. The maximum Gasteiger partial charge on any atom is 0.134 e. The van der Waals surface area contributed by atoms with Gasteiger partial charge in [0.2, 0.25) is 0 Å². The summed E-state index contributed by atoms with van der Waals surface area (Å²) in [5.41, 5.74) is 12.6. The Morgan fingerprint density at radius 2 is 2.25 bits per heavy atom. The van der Waals surface area contributed by atoms with Crippen LogP contribution in [0, 0.1) is 6.92 Å². The van der Waals surface area contributed by atoms with Crippen molar-refractivity contribution in [1.82, 2.24) is 9.97 Å². The lowest BCUT2D eigenvalue weighted by molar-refractivity contribution is 1.10. The Hall–Kier alpha value is -1.42. The second kappa shape index (κ2) is 3.82. The van der Waals surface area contributed by atoms with Crippen LogP contribution in [0.2, 0.25) is 0 Å². The number of anilines is 1. The van der Waals surface area contributed by atoms with Crippen LogP contribution >= 0.6 is 0 Å². The molecule has 1 rings (SSSR count). The lowest BCUT2D eigenvalue weighted by Gasteiger charge is -2.00. The van der Waals surface area contributed by atoms with E-state index in [9.17, 15) is 0 Å². The summed E-state index contributed by atoms with van der Waals surface area (Å²) in [5.74, 6) is 0.493. The van der Waals surface area contributed by atoms with Gasteiger partial charge in [0.15, 0.2) is 0 Å². The Morgan fingerprint density at radius 3 is 2.83 bits per heavy atom. The van der Waals surface area contributed by atoms with Crippen molar-refractivity contribution < 1.29 is 0 Å². The summed E-state index contributed by atoms with van der Waals surface area (Å²) < 4.78 is 0. The van der Waals surface area contributed by atoms with Crippen molar-refractivity contribution >= 4 is 11.9 Å². The molecule has 4 heteroatoms. The highest BCUT2D eigenvalue weighted by atomic mass is 14.9. The first-order valence-electron chi connectivity index (χ1n) is 3.69. The minimum atomic E-state index is 0.493. The molecule has 0 spiro atoms. The highest BCUT2D eigenvalue weighted by molar-refractivity contribution is 5.62. The van der Waals surface area contributed by atoms with Crippen LogP contribution in [0.15, 0.2) is 12.4 Å². The third kappa shape index (κ3) is 1.79. The van der Waals surface area contributed by atoms with Gasteiger partial charge in [-0.1, -0.05) is 12.2 Å². The number of hydrogen-bond acceptors (Lipinski definition) is 4. The number of nitrogens with zero attached hydrogens (tertiary/aromatic N) is 2. The van der Waals surface area contributed by atoms with Gasteiger partial charge in [-0.25, -0.2) is 9.97 Å². The predicted molar refractivity (Wildman–Crippen MR) is 49.3 cm³/mol. The molecule has 0 atom stereocenters. The van der Waals surface area contributed by atoms with Gasteiger partial charge >= 0.3 is 0 Å². The summed E-state index contributed by atoms with van der Waals surface area (Å²) in [6.07, 6.45) is 5.11. The Bertz CT molecular complexity index is 273. The quantitative estimate of drug-likeness (QED) is 0.660. The van der Waals surface area contributed by atoms with Crippen LogP contribution in [0.3, 0.4) is 0 Å². The summed E-state index contributed by atoms with van der Waals surface area (Å²) >= 11 is 0. The first kappa shape index (κ1) is 8.67. The van der Waals surface area contributed by atoms with Crippen molar-refractivity contribution in [1.29, 1.82) is 0 Å². The fraction of sp³-hybridized carbons (Fsp3) is 0.250. The first-order valence-corrected chi connectivity index (χ1v) is 3.69. The number of aromatic nitrogens is 2. The van der Waals surface area contributed by atoms with Gasteiger partial charge in [-0.2, -0.15) is 0 Å². The van der Waals surface area contributed by atoms with E-state index in [0.29, 0.717) is 12.4 Å². The molecule has 4 N–H and O–H groups in total. The SMILES string of the molecule is Cc1ncnc(N)c1/C=C\CN. The molecular formula is C8H12N4. The van der Waals surface area contributed by atoms with Crippen LogP contribution < -0.4 is 11.5 Å². The van der Waals surface area contributed by atoms with E-state index in [1.807, 2.05) is 19.1 Å². The van der Waals surface area contributed by atoms with E-state index >= 15 is 0 Å². The number of rotatable bonds is 2. The standard InChI is InChI=1S/C8H12N4/c1-6-7(3-2-4-9)8(10)12-5-11-6/h2-3,5H,4,9H2,1H3,(H2,10,11,12)/b3-2-. The van der Waals surface area contributed by atoms with Gasteiger partial charge in [-0.05, 0) is 6.92 Å². The van der Waals surface area contributed by atoms with Crippen LogP contribution in [0.5, 0.6) is 0 Å². The molecule has 1 aromatic heterocycles. The maximum absolute atomic E-state index is 5.62. The summed E-state index contributed by atoms with van der Waals surface area (Å²) in [7, 11) is 0. The highest BCUT2D eigenvalue weighted by Crippen LogP contribution is 2.12. The highest BCUT2D eigenvalue weighted by Gasteiger charge is 1.99. The molecule has 0 amide bonds. The number of nitrogen functional groups attached to an aromatic ring is 1. The molecule has 0 saturated carbocycles. The minimum Gasteiger partial charge on any atom is -0.383 e. The van der Waals surface area contributed by atoms with E-state index in [0.717, 1.165) is 11.3 Å². The first-order chi connectivity index (χ1) is 5.75. The van der Waals surface area contributed by atoms with E-state index < -0.39 is 0 Å².